The average Bonchev–Trinajstić information content (AvgIpc) is 3.13. The van der Waals surface area contributed by atoms with Crippen LogP contribution in [0.4, 0.5) is 5.13 Å². The van der Waals surface area contributed by atoms with E-state index in [1.165, 1.54) is 17.4 Å². The zero-order valence-corrected chi connectivity index (χ0v) is 13.7. The second-order valence-corrected chi connectivity index (χ2v) is 6.24. The van der Waals surface area contributed by atoms with Gasteiger partial charge in [-0.05, 0) is 32.1 Å². The highest BCUT2D eigenvalue weighted by Crippen LogP contribution is 2.21. The van der Waals surface area contributed by atoms with Crippen LogP contribution in [0.25, 0.3) is 11.8 Å². The minimum absolute atomic E-state index is 0.203. The monoisotopic (exact) mass is 324 g/mol. The van der Waals surface area contributed by atoms with Crippen molar-refractivity contribution in [3.8, 4) is 5.69 Å². The van der Waals surface area contributed by atoms with Crippen LogP contribution < -0.4 is 5.32 Å². The number of hydrogen-bond donors (Lipinski definition) is 1. The zero-order valence-electron chi connectivity index (χ0n) is 12.9. The van der Waals surface area contributed by atoms with E-state index in [0.29, 0.717) is 5.13 Å². The Balaban J connectivity index is 1.66. The summed E-state index contributed by atoms with van der Waals surface area (Å²) in [5, 5.41) is 7.67. The van der Waals surface area contributed by atoms with Crippen LogP contribution in [0.2, 0.25) is 0 Å². The van der Waals surface area contributed by atoms with Crippen molar-refractivity contribution in [1.82, 2.24) is 14.8 Å². The molecule has 6 heteroatoms. The van der Waals surface area contributed by atoms with Crippen molar-refractivity contribution in [3.05, 3.63) is 64.9 Å². The van der Waals surface area contributed by atoms with Gasteiger partial charge in [-0.25, -0.2) is 9.67 Å². The largest absolute Gasteiger partial charge is 0.298 e. The molecule has 0 fully saturated rings. The summed E-state index contributed by atoms with van der Waals surface area (Å²) in [6, 6.07) is 9.82. The van der Waals surface area contributed by atoms with Crippen LogP contribution in [0.1, 0.15) is 16.1 Å². The summed E-state index contributed by atoms with van der Waals surface area (Å²) in [7, 11) is 0. The maximum absolute atomic E-state index is 11.9. The summed E-state index contributed by atoms with van der Waals surface area (Å²) < 4.78 is 1.77. The number of thiazole rings is 1. The molecule has 0 atom stereocenters. The quantitative estimate of drug-likeness (QED) is 0.746. The van der Waals surface area contributed by atoms with Crippen LogP contribution in [0.3, 0.4) is 0 Å². The lowest BCUT2D eigenvalue weighted by Gasteiger charge is -1.98. The predicted octanol–water partition coefficient (Wildman–Crippen LogP) is 3.60. The number of aryl methyl sites for hydroxylation is 2. The highest BCUT2D eigenvalue weighted by Gasteiger charge is 2.05. The van der Waals surface area contributed by atoms with Crippen molar-refractivity contribution >= 4 is 28.5 Å². The number of rotatable bonds is 4. The summed E-state index contributed by atoms with van der Waals surface area (Å²) >= 11 is 1.47. The van der Waals surface area contributed by atoms with Crippen LogP contribution >= 0.6 is 11.3 Å². The number of anilines is 1. The molecule has 1 amide bonds. The number of benzene rings is 1. The van der Waals surface area contributed by atoms with Gasteiger partial charge in [0.05, 0.1) is 17.6 Å². The number of nitrogens with zero attached hydrogens (tertiary/aromatic N) is 3. The van der Waals surface area contributed by atoms with Crippen molar-refractivity contribution in [1.29, 1.82) is 0 Å². The lowest BCUT2D eigenvalue weighted by Crippen LogP contribution is -2.07. The van der Waals surface area contributed by atoms with Crippen LogP contribution in [0, 0.1) is 13.8 Å². The fourth-order valence-corrected chi connectivity index (χ4v) is 2.81. The van der Waals surface area contributed by atoms with Gasteiger partial charge < -0.3 is 0 Å². The molecule has 0 saturated carbocycles. The SMILES string of the molecule is Cc1nc(NC(=O)/C=C/c2cnn(-c3ccccc3)c2)sc1C. The molecule has 2 heterocycles. The highest BCUT2D eigenvalue weighted by atomic mass is 32.1. The molecule has 0 aliphatic carbocycles. The summed E-state index contributed by atoms with van der Waals surface area (Å²) in [4.78, 5) is 17.3. The van der Waals surface area contributed by atoms with E-state index in [0.717, 1.165) is 21.8 Å². The third kappa shape index (κ3) is 3.73. The average molecular weight is 324 g/mol. The predicted molar refractivity (Wildman–Crippen MR) is 92.8 cm³/mol. The number of amides is 1. The number of carbonyl (C=O) groups is 1. The van der Waals surface area contributed by atoms with Gasteiger partial charge in [-0.3, -0.25) is 10.1 Å². The third-order valence-electron chi connectivity index (χ3n) is 3.31. The van der Waals surface area contributed by atoms with Gasteiger partial charge in [0.1, 0.15) is 0 Å². The van der Waals surface area contributed by atoms with Gasteiger partial charge >= 0.3 is 0 Å². The first kappa shape index (κ1) is 15.2. The van der Waals surface area contributed by atoms with Crippen molar-refractivity contribution in [2.75, 3.05) is 5.32 Å². The number of para-hydroxylation sites is 1. The number of nitrogens with one attached hydrogen (secondary N) is 1. The van der Waals surface area contributed by atoms with Gasteiger partial charge in [0, 0.05) is 22.7 Å². The summed E-state index contributed by atoms with van der Waals surface area (Å²) in [6.45, 7) is 3.91. The Morgan fingerprint density at radius 3 is 2.74 bits per heavy atom. The smallest absolute Gasteiger partial charge is 0.250 e. The molecule has 0 aliphatic rings. The molecule has 0 unspecified atom stereocenters. The van der Waals surface area contributed by atoms with Gasteiger partial charge in [0.15, 0.2) is 5.13 Å². The van der Waals surface area contributed by atoms with Gasteiger partial charge in [-0.15, -0.1) is 11.3 Å². The molecule has 1 N–H and O–H groups in total. The Labute approximate surface area is 138 Å². The Bertz CT molecular complexity index is 829. The number of carbonyl (C=O) groups excluding carboxylic acids is 1. The first-order chi connectivity index (χ1) is 11.1. The van der Waals surface area contributed by atoms with Crippen LogP contribution in [-0.2, 0) is 4.79 Å². The molecule has 0 radical (unpaired) electrons. The standard InChI is InChI=1S/C17H16N4OS/c1-12-13(2)23-17(19-12)20-16(22)9-8-14-10-18-21(11-14)15-6-4-3-5-7-15/h3-11H,1-2H3,(H,19,20,22)/b9-8+. The minimum Gasteiger partial charge on any atom is -0.298 e. The molecule has 0 bridgehead atoms. The fraction of sp³-hybridized carbons (Fsp3) is 0.118. The summed E-state index contributed by atoms with van der Waals surface area (Å²) in [6.07, 6.45) is 6.80. The molecule has 2 aromatic heterocycles. The lowest BCUT2D eigenvalue weighted by molar-refractivity contribution is -0.111. The molecule has 0 spiro atoms. The molecule has 0 aliphatic heterocycles. The van der Waals surface area contributed by atoms with Gasteiger partial charge in [0.2, 0.25) is 5.91 Å². The van der Waals surface area contributed by atoms with Crippen molar-refractivity contribution in [2.45, 2.75) is 13.8 Å². The van der Waals surface area contributed by atoms with E-state index in [2.05, 4.69) is 15.4 Å². The van der Waals surface area contributed by atoms with E-state index in [-0.39, 0.29) is 5.91 Å². The van der Waals surface area contributed by atoms with Gasteiger partial charge in [-0.2, -0.15) is 5.10 Å². The van der Waals surface area contributed by atoms with E-state index in [1.807, 2.05) is 50.4 Å². The van der Waals surface area contributed by atoms with Gasteiger partial charge in [-0.1, -0.05) is 18.2 Å². The Kier molecular flexibility index (Phi) is 4.34. The molecular weight excluding hydrogens is 308 g/mol. The van der Waals surface area contributed by atoms with Crippen LogP contribution in [-0.4, -0.2) is 20.7 Å². The first-order valence-electron chi connectivity index (χ1n) is 7.15. The fourth-order valence-electron chi connectivity index (χ4n) is 1.99. The second-order valence-electron chi connectivity index (χ2n) is 5.04. The highest BCUT2D eigenvalue weighted by molar-refractivity contribution is 7.15. The second kappa shape index (κ2) is 6.58. The molecule has 23 heavy (non-hydrogen) atoms. The van der Waals surface area contributed by atoms with E-state index in [9.17, 15) is 4.79 Å². The number of hydrogen-bond acceptors (Lipinski definition) is 4. The van der Waals surface area contributed by atoms with Crippen molar-refractivity contribution < 1.29 is 4.79 Å². The van der Waals surface area contributed by atoms with Crippen molar-refractivity contribution in [2.24, 2.45) is 0 Å². The number of aromatic nitrogens is 3. The minimum atomic E-state index is -0.203. The molecule has 0 saturated heterocycles. The molecule has 3 aromatic rings. The van der Waals surface area contributed by atoms with Crippen LogP contribution in [0.15, 0.2) is 48.8 Å². The molecule has 3 rings (SSSR count). The molecular formula is C17H16N4OS. The van der Waals surface area contributed by atoms with Crippen LogP contribution in [0.5, 0.6) is 0 Å². The van der Waals surface area contributed by atoms with E-state index in [4.69, 9.17) is 0 Å². The Morgan fingerprint density at radius 1 is 1.26 bits per heavy atom. The Morgan fingerprint density at radius 2 is 2.04 bits per heavy atom. The molecule has 5 nitrogen and oxygen atoms in total. The van der Waals surface area contributed by atoms with E-state index < -0.39 is 0 Å². The van der Waals surface area contributed by atoms with Crippen molar-refractivity contribution in [3.63, 3.8) is 0 Å². The summed E-state index contributed by atoms with van der Waals surface area (Å²) in [5.74, 6) is -0.203. The Hall–Kier alpha value is -2.73. The maximum atomic E-state index is 11.9. The maximum Gasteiger partial charge on any atom is 0.250 e. The lowest BCUT2D eigenvalue weighted by atomic mass is 10.3. The topological polar surface area (TPSA) is 59.8 Å². The zero-order chi connectivity index (χ0) is 16.2. The van der Waals surface area contributed by atoms with E-state index >= 15 is 0 Å². The normalized spacial score (nSPS) is 11.0. The third-order valence-corrected chi connectivity index (χ3v) is 4.30. The molecule has 1 aromatic carbocycles. The van der Waals surface area contributed by atoms with Gasteiger partial charge in [0.25, 0.3) is 0 Å². The first-order valence-corrected chi connectivity index (χ1v) is 7.96. The summed E-state index contributed by atoms with van der Waals surface area (Å²) in [5.41, 5.74) is 2.78. The molecule has 116 valence electrons. The van der Waals surface area contributed by atoms with E-state index in [1.54, 1.807) is 17.0 Å².